The number of ether oxygens (including phenoxy) is 1. The van der Waals surface area contributed by atoms with E-state index < -0.39 is 0 Å². The first-order valence-electron chi connectivity index (χ1n) is 11.2. The topological polar surface area (TPSA) is 79.1 Å². The van der Waals surface area contributed by atoms with Crippen LogP contribution in [0.15, 0.2) is 27.8 Å². The molecule has 0 radical (unpaired) electrons. The van der Waals surface area contributed by atoms with Crippen molar-refractivity contribution in [2.24, 2.45) is 16.8 Å². The number of furan rings is 1. The molecule has 1 aliphatic carbocycles. The van der Waals surface area contributed by atoms with Crippen molar-refractivity contribution < 1.29 is 13.9 Å². The van der Waals surface area contributed by atoms with Crippen LogP contribution < -0.4 is 10.6 Å². The molecule has 30 heavy (non-hydrogen) atoms. The van der Waals surface area contributed by atoms with Crippen LogP contribution in [0, 0.1) is 11.8 Å². The van der Waals surface area contributed by atoms with Gasteiger partial charge in [0.25, 0.3) is 0 Å². The van der Waals surface area contributed by atoms with Gasteiger partial charge in [0.2, 0.25) is 5.91 Å². The third kappa shape index (κ3) is 6.60. The zero-order chi connectivity index (χ0) is 19.9. The third-order valence-electron chi connectivity index (χ3n) is 6.32. The second-order valence-electron chi connectivity index (χ2n) is 8.57. The van der Waals surface area contributed by atoms with Gasteiger partial charge < -0.3 is 24.7 Å². The van der Waals surface area contributed by atoms with Crippen molar-refractivity contribution in [3.05, 3.63) is 24.2 Å². The first kappa shape index (κ1) is 23.4. The van der Waals surface area contributed by atoms with E-state index in [1.54, 1.807) is 6.26 Å². The van der Waals surface area contributed by atoms with E-state index in [0.717, 1.165) is 83.2 Å². The summed E-state index contributed by atoms with van der Waals surface area (Å²) in [6, 6.07) is 4.16. The molecule has 1 aromatic rings. The van der Waals surface area contributed by atoms with Crippen molar-refractivity contribution in [3.8, 4) is 0 Å². The molecule has 168 valence electrons. The van der Waals surface area contributed by atoms with Gasteiger partial charge in [-0.1, -0.05) is 12.8 Å². The number of hydrogen-bond donors (Lipinski definition) is 2. The Kier molecular flexibility index (Phi) is 9.29. The average molecular weight is 530 g/mol. The highest BCUT2D eigenvalue weighted by atomic mass is 127. The molecule has 1 aromatic heterocycles. The van der Waals surface area contributed by atoms with Gasteiger partial charge in [0, 0.05) is 57.1 Å². The number of nitrogens with one attached hydrogen (secondary N) is 2. The van der Waals surface area contributed by atoms with Crippen molar-refractivity contribution in [3.63, 3.8) is 0 Å². The van der Waals surface area contributed by atoms with E-state index in [4.69, 9.17) is 14.1 Å². The summed E-state index contributed by atoms with van der Waals surface area (Å²) < 4.78 is 10.9. The Morgan fingerprint density at radius 2 is 2.10 bits per heavy atom. The molecule has 1 saturated carbocycles. The van der Waals surface area contributed by atoms with E-state index in [1.807, 2.05) is 12.1 Å². The molecule has 2 N–H and O–H groups in total. The number of nitrogens with zero attached hydrogens (tertiary/aromatic N) is 2. The Morgan fingerprint density at radius 1 is 1.23 bits per heavy atom. The summed E-state index contributed by atoms with van der Waals surface area (Å²) in [7, 11) is 0. The lowest BCUT2D eigenvalue weighted by Gasteiger charge is -2.22. The van der Waals surface area contributed by atoms with Gasteiger partial charge >= 0.3 is 0 Å². The molecule has 0 spiro atoms. The SMILES string of the molecule is I.O=C(C1CCCC1)N1CCC(NC(=NCC2CCOC2)NCCc2ccco2)C1. The second-order valence-corrected chi connectivity index (χ2v) is 8.57. The van der Waals surface area contributed by atoms with Crippen molar-refractivity contribution in [2.75, 3.05) is 39.4 Å². The fraction of sp³-hybridized carbons (Fsp3) is 0.727. The quantitative estimate of drug-likeness (QED) is 0.322. The standard InChI is InChI=1S/C22H34N4O3.HI/c27-21(18-4-1-2-5-18)26-11-8-19(15-26)25-22(24-14-17-9-13-28-16-17)23-10-7-20-6-3-12-29-20;/h3,6,12,17-19H,1-2,4-5,7-11,13-16H2,(H2,23,24,25);1H. The van der Waals surface area contributed by atoms with Gasteiger partial charge in [0.1, 0.15) is 5.76 Å². The van der Waals surface area contributed by atoms with Gasteiger partial charge in [0.05, 0.1) is 12.9 Å². The zero-order valence-corrected chi connectivity index (χ0v) is 20.0. The van der Waals surface area contributed by atoms with E-state index in [-0.39, 0.29) is 35.9 Å². The summed E-state index contributed by atoms with van der Waals surface area (Å²) in [6.45, 7) is 4.81. The molecule has 3 fully saturated rings. The Balaban J connectivity index is 0.00000256. The number of halogens is 1. The minimum Gasteiger partial charge on any atom is -0.469 e. The van der Waals surface area contributed by atoms with Crippen LogP contribution in [0.5, 0.6) is 0 Å². The van der Waals surface area contributed by atoms with Crippen LogP contribution >= 0.6 is 24.0 Å². The molecule has 2 unspecified atom stereocenters. The number of carbonyl (C=O) groups excluding carboxylic acids is 1. The van der Waals surface area contributed by atoms with Crippen LogP contribution in [0.3, 0.4) is 0 Å². The molecule has 2 atom stereocenters. The summed E-state index contributed by atoms with van der Waals surface area (Å²) in [5.74, 6) is 2.93. The van der Waals surface area contributed by atoms with Gasteiger partial charge in [-0.2, -0.15) is 0 Å². The third-order valence-corrected chi connectivity index (χ3v) is 6.32. The maximum atomic E-state index is 12.7. The lowest BCUT2D eigenvalue weighted by Crippen LogP contribution is -2.46. The average Bonchev–Trinajstić information content (AvgIpc) is 3.54. The van der Waals surface area contributed by atoms with Crippen LogP contribution in [0.2, 0.25) is 0 Å². The first-order chi connectivity index (χ1) is 14.3. The fourth-order valence-corrected chi connectivity index (χ4v) is 4.56. The molecular formula is C22H35IN4O3. The number of guanidine groups is 1. The highest BCUT2D eigenvalue weighted by Crippen LogP contribution is 2.27. The monoisotopic (exact) mass is 530 g/mol. The van der Waals surface area contributed by atoms with Crippen molar-refractivity contribution >= 4 is 35.8 Å². The van der Waals surface area contributed by atoms with Crippen molar-refractivity contribution in [2.45, 2.75) is 51.0 Å². The molecule has 1 amide bonds. The van der Waals surface area contributed by atoms with Gasteiger partial charge in [-0.05, 0) is 37.8 Å². The number of likely N-dealkylation sites (tertiary alicyclic amines) is 1. The largest absolute Gasteiger partial charge is 0.469 e. The molecule has 8 heteroatoms. The molecule has 2 aliphatic heterocycles. The molecular weight excluding hydrogens is 495 g/mol. The number of carbonyl (C=O) groups is 1. The Bertz CT molecular complexity index is 670. The van der Waals surface area contributed by atoms with Crippen molar-refractivity contribution in [1.82, 2.24) is 15.5 Å². The number of amides is 1. The van der Waals surface area contributed by atoms with Gasteiger partial charge in [-0.15, -0.1) is 24.0 Å². The van der Waals surface area contributed by atoms with E-state index in [2.05, 4.69) is 15.5 Å². The van der Waals surface area contributed by atoms with E-state index in [9.17, 15) is 4.79 Å². The summed E-state index contributed by atoms with van der Waals surface area (Å²) >= 11 is 0. The molecule has 0 bridgehead atoms. The zero-order valence-electron chi connectivity index (χ0n) is 17.7. The maximum absolute atomic E-state index is 12.7. The Hall–Kier alpha value is -1.29. The second kappa shape index (κ2) is 11.9. The summed E-state index contributed by atoms with van der Waals surface area (Å²) in [4.78, 5) is 19.6. The van der Waals surface area contributed by atoms with Crippen LogP contribution in [-0.4, -0.2) is 62.2 Å². The normalized spacial score (nSPS) is 24.8. The summed E-state index contributed by atoms with van der Waals surface area (Å²) in [5.41, 5.74) is 0. The summed E-state index contributed by atoms with van der Waals surface area (Å²) in [6.07, 6.45) is 9.12. The van der Waals surface area contributed by atoms with Gasteiger partial charge in [-0.3, -0.25) is 9.79 Å². The Morgan fingerprint density at radius 3 is 2.83 bits per heavy atom. The van der Waals surface area contributed by atoms with Gasteiger partial charge in [-0.25, -0.2) is 0 Å². The predicted octanol–water partition coefficient (Wildman–Crippen LogP) is 2.80. The molecule has 3 aliphatic rings. The van der Waals surface area contributed by atoms with Crippen LogP contribution in [0.1, 0.15) is 44.3 Å². The van der Waals surface area contributed by atoms with Crippen LogP contribution in [0.25, 0.3) is 0 Å². The predicted molar refractivity (Wildman–Crippen MR) is 127 cm³/mol. The lowest BCUT2D eigenvalue weighted by atomic mass is 10.1. The highest BCUT2D eigenvalue weighted by molar-refractivity contribution is 14.0. The molecule has 0 aromatic carbocycles. The van der Waals surface area contributed by atoms with Crippen LogP contribution in [0.4, 0.5) is 0 Å². The minimum absolute atomic E-state index is 0. The van der Waals surface area contributed by atoms with Gasteiger partial charge in [0.15, 0.2) is 5.96 Å². The number of aliphatic imine (C=N–C) groups is 1. The first-order valence-corrected chi connectivity index (χ1v) is 11.2. The molecule has 2 saturated heterocycles. The smallest absolute Gasteiger partial charge is 0.225 e. The highest BCUT2D eigenvalue weighted by Gasteiger charge is 2.32. The van der Waals surface area contributed by atoms with E-state index in [0.29, 0.717) is 11.8 Å². The fourth-order valence-electron chi connectivity index (χ4n) is 4.56. The van der Waals surface area contributed by atoms with Crippen molar-refractivity contribution in [1.29, 1.82) is 0 Å². The number of hydrogen-bond acceptors (Lipinski definition) is 4. The minimum atomic E-state index is 0. The summed E-state index contributed by atoms with van der Waals surface area (Å²) in [5, 5.41) is 7.01. The molecule has 3 heterocycles. The lowest BCUT2D eigenvalue weighted by molar-refractivity contribution is -0.134. The number of rotatable bonds is 7. The Labute approximate surface area is 196 Å². The molecule has 4 rings (SSSR count). The molecule has 7 nitrogen and oxygen atoms in total. The van der Waals surface area contributed by atoms with E-state index >= 15 is 0 Å². The maximum Gasteiger partial charge on any atom is 0.225 e. The van der Waals surface area contributed by atoms with Crippen LogP contribution in [-0.2, 0) is 16.0 Å². The van der Waals surface area contributed by atoms with E-state index in [1.165, 1.54) is 12.8 Å².